The Kier molecular flexibility index (Phi) is 17.3. The van der Waals surface area contributed by atoms with Crippen LogP contribution in [-0.2, 0) is 21.7 Å². The van der Waals surface area contributed by atoms with E-state index in [4.69, 9.17) is 14.6 Å². The lowest BCUT2D eigenvalue weighted by Crippen LogP contribution is -2.28. The number of halogens is 1. The van der Waals surface area contributed by atoms with Gasteiger partial charge in [-0.3, -0.25) is 0 Å². The first-order valence-electron chi connectivity index (χ1n) is 41.8. The largest absolute Gasteiger partial charge is 0.456 e. The maximum atomic E-state index is 6.52. The first kappa shape index (κ1) is 73.0. The summed E-state index contributed by atoms with van der Waals surface area (Å²) in [4.78, 5) is 0. The fourth-order valence-corrected chi connectivity index (χ4v) is 21.7. The molecule has 121 heavy (non-hydrogen) atoms. The number of fused-ring (bicyclic) bond motifs is 18. The SMILES string of the molecule is CC1(C)c2ccccc2-c2c1ccc(-c1ccccc1Br)c2-c1cccc2oc3ccccc3c12.CC1(C)c2ccccc2-c2c1ccc(-c1ccccc1Nc1ccc3c(c1)C(c1ccccc1)(c1ccccc1)c1ccccc1-3)c2-c1cccc2oc3ccccc3c12.Nc1ccc2c(c1)C(c1ccccc1)(c1ccccc1)c1ccccc1-2. The third-order valence-corrected chi connectivity index (χ3v) is 27.1. The van der Waals surface area contributed by atoms with Crippen LogP contribution in [-0.4, -0.2) is 0 Å². The van der Waals surface area contributed by atoms with Gasteiger partial charge in [-0.15, -0.1) is 0 Å². The summed E-state index contributed by atoms with van der Waals surface area (Å²) in [6.07, 6.45) is 0. The van der Waals surface area contributed by atoms with Crippen LogP contribution >= 0.6 is 15.9 Å². The average molecular weight is 1620 g/mol. The van der Waals surface area contributed by atoms with Crippen LogP contribution in [0.15, 0.2) is 426 Å². The highest BCUT2D eigenvalue weighted by molar-refractivity contribution is 9.10. The number of hydrogen-bond donors (Lipinski definition) is 2. The Morgan fingerprint density at radius 2 is 0.579 bits per heavy atom. The zero-order valence-corrected chi connectivity index (χ0v) is 69.1. The van der Waals surface area contributed by atoms with E-state index >= 15 is 0 Å². The van der Waals surface area contributed by atoms with Crippen LogP contribution in [0.2, 0.25) is 0 Å². The van der Waals surface area contributed by atoms with Crippen LogP contribution in [0, 0.1) is 0 Å². The van der Waals surface area contributed by atoms with Gasteiger partial charge < -0.3 is 19.9 Å². The second kappa shape index (κ2) is 28.7. The van der Waals surface area contributed by atoms with Crippen molar-refractivity contribution in [3.63, 3.8) is 0 Å². The molecule has 2 aromatic heterocycles. The zero-order valence-electron chi connectivity index (χ0n) is 67.5. The number of nitrogen functional groups attached to an aromatic ring is 1. The molecule has 3 N–H and O–H groups in total. The average Bonchev–Trinajstić information content (AvgIpc) is 1.18. The number of nitrogens with two attached hydrogens (primary N) is 1. The van der Waals surface area contributed by atoms with Crippen molar-refractivity contribution in [3.05, 3.63) is 484 Å². The summed E-state index contributed by atoms with van der Waals surface area (Å²) >= 11 is 3.84. The van der Waals surface area contributed by atoms with Crippen LogP contribution in [0.4, 0.5) is 17.1 Å². The Hall–Kier alpha value is -14.4. The smallest absolute Gasteiger partial charge is 0.136 e. The van der Waals surface area contributed by atoms with Crippen molar-refractivity contribution in [2.75, 3.05) is 11.1 Å². The van der Waals surface area contributed by atoms with Gasteiger partial charge in [-0.25, -0.2) is 0 Å². The number of rotatable bonds is 10. The molecule has 2 heterocycles. The molecule has 5 heteroatoms. The molecule has 0 atom stereocenters. The molecule has 0 aliphatic heterocycles. The summed E-state index contributed by atoms with van der Waals surface area (Å²) in [5.41, 5.74) is 47.3. The van der Waals surface area contributed by atoms with Crippen LogP contribution < -0.4 is 11.1 Å². The van der Waals surface area contributed by atoms with E-state index < -0.39 is 5.41 Å². The molecule has 0 radical (unpaired) electrons. The van der Waals surface area contributed by atoms with Gasteiger partial charge in [0.05, 0.1) is 10.8 Å². The minimum absolute atomic E-state index is 0.0700. The van der Waals surface area contributed by atoms with E-state index in [2.05, 4.69) is 449 Å². The molecule has 4 aliphatic carbocycles. The molecular weight excluding hydrogens is 1530 g/mol. The van der Waals surface area contributed by atoms with Gasteiger partial charge in [0.15, 0.2) is 0 Å². The topological polar surface area (TPSA) is 64.3 Å². The molecule has 4 nitrogen and oxygen atoms in total. The lowest BCUT2D eigenvalue weighted by atomic mass is 9.67. The molecule has 0 spiro atoms. The van der Waals surface area contributed by atoms with Crippen molar-refractivity contribution >= 4 is 76.9 Å². The third kappa shape index (κ3) is 11.2. The molecule has 0 saturated heterocycles. The van der Waals surface area contributed by atoms with Crippen LogP contribution in [0.1, 0.15) is 94.5 Å². The number of benzene rings is 18. The van der Waals surface area contributed by atoms with Gasteiger partial charge in [-0.2, -0.15) is 0 Å². The van der Waals surface area contributed by atoms with Crippen molar-refractivity contribution < 1.29 is 8.83 Å². The van der Waals surface area contributed by atoms with Crippen LogP contribution in [0.3, 0.4) is 0 Å². The molecule has 576 valence electrons. The van der Waals surface area contributed by atoms with Crippen molar-refractivity contribution in [2.24, 2.45) is 0 Å². The van der Waals surface area contributed by atoms with Crippen LogP contribution in [0.25, 0.3) is 133 Å². The fraction of sp³-hybridized carbons (Fsp3) is 0.0690. The first-order valence-corrected chi connectivity index (χ1v) is 42.6. The van der Waals surface area contributed by atoms with Gasteiger partial charge in [0.2, 0.25) is 0 Å². The van der Waals surface area contributed by atoms with E-state index in [1.807, 2.05) is 12.1 Å². The summed E-state index contributed by atoms with van der Waals surface area (Å²) < 4.78 is 13.9. The monoisotopic (exact) mass is 1610 g/mol. The lowest BCUT2D eigenvalue weighted by molar-refractivity contribution is 0.660. The minimum Gasteiger partial charge on any atom is -0.456 e. The zero-order chi connectivity index (χ0) is 81.3. The number of nitrogens with one attached hydrogen (secondary N) is 1. The predicted molar refractivity (Wildman–Crippen MR) is 507 cm³/mol. The predicted octanol–water partition coefficient (Wildman–Crippen LogP) is 31.0. The van der Waals surface area contributed by atoms with Gasteiger partial charge in [0, 0.05) is 59.5 Å². The van der Waals surface area contributed by atoms with E-state index in [1.54, 1.807) is 0 Å². The third-order valence-electron chi connectivity index (χ3n) is 26.4. The Bertz CT molecular complexity index is 7440. The van der Waals surface area contributed by atoms with Crippen LogP contribution in [0.5, 0.6) is 0 Å². The second-order valence-electron chi connectivity index (χ2n) is 33.5. The van der Waals surface area contributed by atoms with Gasteiger partial charge in [0.1, 0.15) is 22.3 Å². The summed E-state index contributed by atoms with van der Waals surface area (Å²) in [5.74, 6) is 0. The number of furan rings is 2. The molecular formula is C116H83BrN2O2. The van der Waals surface area contributed by atoms with Crippen molar-refractivity contribution in [1.82, 2.24) is 0 Å². The highest BCUT2D eigenvalue weighted by Gasteiger charge is 2.49. The van der Waals surface area contributed by atoms with E-state index in [-0.39, 0.29) is 16.2 Å². The first-order chi connectivity index (χ1) is 59.4. The van der Waals surface area contributed by atoms with Crippen molar-refractivity contribution in [3.8, 4) is 89.0 Å². The van der Waals surface area contributed by atoms with Gasteiger partial charge in [-0.1, -0.05) is 395 Å². The molecule has 0 unspecified atom stereocenters. The molecule has 18 aromatic carbocycles. The van der Waals surface area contributed by atoms with Gasteiger partial charge in [0.25, 0.3) is 0 Å². The number of para-hydroxylation sites is 3. The van der Waals surface area contributed by atoms with E-state index in [0.717, 1.165) is 65.6 Å². The number of anilines is 3. The molecule has 24 rings (SSSR count). The summed E-state index contributed by atoms with van der Waals surface area (Å²) in [7, 11) is 0. The summed E-state index contributed by atoms with van der Waals surface area (Å²) in [5, 5.41) is 8.59. The van der Waals surface area contributed by atoms with Gasteiger partial charge >= 0.3 is 0 Å². The van der Waals surface area contributed by atoms with E-state index in [1.165, 1.54) is 156 Å². The Morgan fingerprint density at radius 1 is 0.240 bits per heavy atom. The number of hydrogen-bond acceptors (Lipinski definition) is 4. The van der Waals surface area contributed by atoms with E-state index in [0.29, 0.717) is 0 Å². The molecule has 0 amide bonds. The van der Waals surface area contributed by atoms with Crippen molar-refractivity contribution in [2.45, 2.75) is 49.4 Å². The normalized spacial score (nSPS) is 14.0. The standard InChI is InChI=1S/C58H41NO.C33H23BrO.C25H19N/c1-57(2)47-27-13-10-24-44(47)56-49(57)35-34-43(55(56)46-26-17-31-53-54(46)45-25-12-16-30-52(45)60-53)42-23-11-15-29-51(42)59-39-32-33-41-40-22-9-14-28-48(40)58(50(41)36-39,37-18-5-3-6-19-37)38-20-7-4-8-21-38;1-33(2)25-14-6-3-11-22(25)32-26(33)19-18-21(20-10-4-7-15-27(20)34)31(32)24-13-9-17-29-30(24)23-12-5-8-16-28(23)35-29;26-20-15-16-22-21-13-7-8-14-23(21)25(24(22)17-20,18-9-3-1-4-10-18)19-11-5-2-6-12-19/h3-36,59H,1-2H3;3-19H,1-2H3;1-17H,26H2. The highest BCUT2D eigenvalue weighted by atomic mass is 79.9. The summed E-state index contributed by atoms with van der Waals surface area (Å²) in [6.45, 7) is 9.41. The Balaban J connectivity index is 0.000000121. The van der Waals surface area contributed by atoms with Crippen molar-refractivity contribution in [1.29, 1.82) is 0 Å². The maximum Gasteiger partial charge on any atom is 0.136 e. The molecule has 0 saturated carbocycles. The quantitative estimate of drug-likeness (QED) is 0.134. The highest BCUT2D eigenvalue weighted by Crippen LogP contribution is 2.62. The molecule has 0 fully saturated rings. The summed E-state index contributed by atoms with van der Waals surface area (Å²) in [6, 6.07) is 149. The fourth-order valence-electron chi connectivity index (χ4n) is 21.2. The molecule has 0 bridgehead atoms. The van der Waals surface area contributed by atoms with Gasteiger partial charge in [-0.05, 0) is 211 Å². The second-order valence-corrected chi connectivity index (χ2v) is 34.3. The van der Waals surface area contributed by atoms with E-state index in [9.17, 15) is 0 Å². The Morgan fingerprint density at radius 3 is 1.05 bits per heavy atom. The molecule has 20 aromatic rings. The lowest BCUT2D eigenvalue weighted by Gasteiger charge is -2.34. The Labute approximate surface area is 713 Å². The minimum atomic E-state index is -0.481. The maximum absolute atomic E-state index is 6.52. The molecule has 4 aliphatic rings.